The molecule has 0 saturated heterocycles. The van der Waals surface area contributed by atoms with E-state index < -0.39 is 5.60 Å². The summed E-state index contributed by atoms with van der Waals surface area (Å²) in [5.41, 5.74) is -0.263. The molecule has 0 radical (unpaired) electrons. The Labute approximate surface area is 114 Å². The first-order valence-corrected chi connectivity index (χ1v) is 6.27. The second-order valence-electron chi connectivity index (χ2n) is 4.92. The zero-order chi connectivity index (χ0) is 14.0. The maximum atomic E-state index is 10.3. The van der Waals surface area contributed by atoms with E-state index in [1.54, 1.807) is 14.0 Å². The quantitative estimate of drug-likeness (QED) is 0.851. The Morgan fingerprint density at radius 2 is 1.95 bits per heavy atom. The van der Waals surface area contributed by atoms with Crippen molar-refractivity contribution >= 4 is 10.8 Å². The van der Waals surface area contributed by atoms with Gasteiger partial charge < -0.3 is 9.84 Å². The maximum Gasteiger partial charge on any atom is 0.129 e. The van der Waals surface area contributed by atoms with Crippen LogP contribution in [0.1, 0.15) is 25.3 Å². The first kappa shape index (κ1) is 13.5. The molecule has 2 rings (SSSR count). The van der Waals surface area contributed by atoms with Crippen LogP contribution in [-0.4, -0.2) is 17.8 Å². The summed E-state index contributed by atoms with van der Waals surface area (Å²) in [6, 6.07) is 12.0. The molecule has 0 aromatic heterocycles. The van der Waals surface area contributed by atoms with E-state index in [4.69, 9.17) is 11.2 Å². The van der Waals surface area contributed by atoms with Crippen LogP contribution in [0.3, 0.4) is 0 Å². The molecule has 0 aliphatic carbocycles. The van der Waals surface area contributed by atoms with Gasteiger partial charge in [0.2, 0.25) is 0 Å². The molecule has 1 N–H and O–H groups in total. The highest BCUT2D eigenvalue weighted by molar-refractivity contribution is 5.88. The zero-order valence-corrected chi connectivity index (χ0v) is 11.5. The number of hydrogen-bond acceptors (Lipinski definition) is 2. The van der Waals surface area contributed by atoms with Crippen molar-refractivity contribution in [1.82, 2.24) is 0 Å². The van der Waals surface area contributed by atoms with Gasteiger partial charge in [0.05, 0.1) is 7.11 Å². The number of hydrogen-bond donors (Lipinski definition) is 1. The van der Waals surface area contributed by atoms with Gasteiger partial charge in [0.15, 0.2) is 0 Å². The fourth-order valence-electron chi connectivity index (χ4n) is 2.31. The van der Waals surface area contributed by atoms with Crippen molar-refractivity contribution in [3.05, 3.63) is 42.0 Å². The zero-order valence-electron chi connectivity index (χ0n) is 11.5. The molecule has 0 spiro atoms. The number of methoxy groups -OCH3 is 1. The van der Waals surface area contributed by atoms with Crippen molar-refractivity contribution in [3.8, 4) is 18.1 Å². The lowest BCUT2D eigenvalue weighted by Crippen LogP contribution is -2.29. The first-order valence-electron chi connectivity index (χ1n) is 6.27. The van der Waals surface area contributed by atoms with E-state index in [1.165, 1.54) is 0 Å². The molecule has 0 heterocycles. The lowest BCUT2D eigenvalue weighted by Gasteiger charge is -2.27. The maximum absolute atomic E-state index is 10.3. The van der Waals surface area contributed by atoms with Crippen molar-refractivity contribution in [2.24, 2.45) is 0 Å². The predicted octanol–water partition coefficient (Wildman–Crippen LogP) is 3.34. The van der Waals surface area contributed by atoms with Gasteiger partial charge >= 0.3 is 0 Å². The molecule has 0 amide bonds. The normalized spacial score (nSPS) is 15.5. The first-order chi connectivity index (χ1) is 9.01. The average molecular weight is 254 g/mol. The highest BCUT2D eigenvalue weighted by Gasteiger charge is 2.30. The van der Waals surface area contributed by atoms with E-state index in [1.807, 2.05) is 43.3 Å². The third-order valence-corrected chi connectivity index (χ3v) is 3.72. The summed E-state index contributed by atoms with van der Waals surface area (Å²) in [5.74, 6) is 2.98. The van der Waals surface area contributed by atoms with E-state index >= 15 is 0 Å². The Morgan fingerprint density at radius 1 is 1.26 bits per heavy atom. The molecule has 0 saturated carbocycles. The van der Waals surface area contributed by atoms with Gasteiger partial charge in [-0.1, -0.05) is 43.2 Å². The van der Waals surface area contributed by atoms with Crippen molar-refractivity contribution in [1.29, 1.82) is 0 Å². The minimum atomic E-state index is -1.21. The molecule has 2 aromatic rings. The summed E-state index contributed by atoms with van der Waals surface area (Å²) >= 11 is 0. The van der Waals surface area contributed by atoms with Crippen LogP contribution < -0.4 is 4.74 Å². The second kappa shape index (κ2) is 4.95. The van der Waals surface area contributed by atoms with Crippen LogP contribution in [-0.2, 0) is 0 Å². The Morgan fingerprint density at radius 3 is 2.58 bits per heavy atom. The molecule has 0 aliphatic heterocycles. The van der Waals surface area contributed by atoms with Crippen LogP contribution >= 0.6 is 0 Å². The second-order valence-corrected chi connectivity index (χ2v) is 4.92. The molecule has 98 valence electrons. The summed E-state index contributed by atoms with van der Waals surface area (Å²) in [6.45, 7) is 3.57. The summed E-state index contributed by atoms with van der Waals surface area (Å²) in [4.78, 5) is 0. The summed E-state index contributed by atoms with van der Waals surface area (Å²) in [5, 5.41) is 12.5. The van der Waals surface area contributed by atoms with E-state index in [0.29, 0.717) is 0 Å². The number of aliphatic hydroxyl groups is 1. The standard InChI is InChI=1S/C17H18O2/c1-5-17(3,18)12(2)16-14-9-7-6-8-13(14)10-11-15(16)19-4/h1,6-12,18H,2-4H3. The minimum absolute atomic E-state index is 0.224. The molecule has 0 fully saturated rings. The molecule has 0 bridgehead atoms. The lowest BCUT2D eigenvalue weighted by atomic mass is 9.82. The van der Waals surface area contributed by atoms with Crippen molar-refractivity contribution in [3.63, 3.8) is 0 Å². The van der Waals surface area contributed by atoms with Crippen LogP contribution in [0.4, 0.5) is 0 Å². The summed E-state index contributed by atoms with van der Waals surface area (Å²) < 4.78 is 5.43. The Bertz CT molecular complexity index is 635. The third kappa shape index (κ3) is 2.30. The molecule has 2 unspecified atom stereocenters. The smallest absolute Gasteiger partial charge is 0.129 e. The number of ether oxygens (including phenoxy) is 1. The van der Waals surface area contributed by atoms with Crippen LogP contribution in [0.2, 0.25) is 0 Å². The molecule has 2 atom stereocenters. The molecular weight excluding hydrogens is 236 g/mol. The van der Waals surface area contributed by atoms with Crippen LogP contribution in [0.15, 0.2) is 36.4 Å². The topological polar surface area (TPSA) is 29.5 Å². The Kier molecular flexibility index (Phi) is 3.50. The van der Waals surface area contributed by atoms with Gasteiger partial charge in [-0.05, 0) is 23.8 Å². The largest absolute Gasteiger partial charge is 0.496 e. The average Bonchev–Trinajstić information content (AvgIpc) is 2.45. The van der Waals surface area contributed by atoms with E-state index in [0.717, 1.165) is 22.1 Å². The molecule has 0 aliphatic rings. The van der Waals surface area contributed by atoms with Gasteiger partial charge in [-0.15, -0.1) is 6.42 Å². The van der Waals surface area contributed by atoms with E-state index in [2.05, 4.69) is 5.92 Å². The Balaban J connectivity index is 2.73. The highest BCUT2D eigenvalue weighted by atomic mass is 16.5. The molecule has 2 heteroatoms. The van der Waals surface area contributed by atoms with Crippen molar-refractivity contribution < 1.29 is 9.84 Å². The molecule has 2 aromatic carbocycles. The van der Waals surface area contributed by atoms with Gasteiger partial charge in [0.25, 0.3) is 0 Å². The van der Waals surface area contributed by atoms with Crippen LogP contribution in [0.5, 0.6) is 5.75 Å². The number of fused-ring (bicyclic) bond motifs is 1. The fourth-order valence-corrected chi connectivity index (χ4v) is 2.31. The summed E-state index contributed by atoms with van der Waals surface area (Å²) in [6.07, 6.45) is 5.44. The summed E-state index contributed by atoms with van der Waals surface area (Å²) in [7, 11) is 1.63. The lowest BCUT2D eigenvalue weighted by molar-refractivity contribution is 0.0962. The molecule has 2 nitrogen and oxygen atoms in total. The van der Waals surface area contributed by atoms with Crippen molar-refractivity contribution in [2.75, 3.05) is 7.11 Å². The number of benzene rings is 2. The minimum Gasteiger partial charge on any atom is -0.496 e. The highest BCUT2D eigenvalue weighted by Crippen LogP contribution is 2.38. The van der Waals surface area contributed by atoms with Crippen LogP contribution in [0, 0.1) is 12.3 Å². The van der Waals surface area contributed by atoms with Gasteiger partial charge in [-0.3, -0.25) is 0 Å². The molecular formula is C17H18O2. The third-order valence-electron chi connectivity index (χ3n) is 3.72. The predicted molar refractivity (Wildman–Crippen MR) is 78.4 cm³/mol. The van der Waals surface area contributed by atoms with E-state index in [9.17, 15) is 5.11 Å². The molecule has 19 heavy (non-hydrogen) atoms. The monoisotopic (exact) mass is 254 g/mol. The van der Waals surface area contributed by atoms with Gasteiger partial charge in [0.1, 0.15) is 11.4 Å². The van der Waals surface area contributed by atoms with Gasteiger partial charge in [-0.25, -0.2) is 0 Å². The van der Waals surface area contributed by atoms with Gasteiger partial charge in [-0.2, -0.15) is 0 Å². The van der Waals surface area contributed by atoms with Crippen molar-refractivity contribution in [2.45, 2.75) is 25.4 Å². The Hall–Kier alpha value is -1.98. The number of terminal acetylenes is 1. The van der Waals surface area contributed by atoms with Crippen LogP contribution in [0.25, 0.3) is 10.8 Å². The SMILES string of the molecule is C#CC(C)(O)C(C)c1c(OC)ccc2ccccc12. The number of rotatable bonds is 3. The fraction of sp³-hybridized carbons (Fsp3) is 0.294. The van der Waals surface area contributed by atoms with E-state index in [-0.39, 0.29) is 5.92 Å². The van der Waals surface area contributed by atoms with Gasteiger partial charge in [0, 0.05) is 11.5 Å².